The lowest BCUT2D eigenvalue weighted by molar-refractivity contribution is -0.132. The zero-order valence-corrected chi connectivity index (χ0v) is 15.4. The molecule has 9 nitrogen and oxygen atoms in total. The molecule has 0 atom stereocenters. The van der Waals surface area contributed by atoms with E-state index in [2.05, 4.69) is 31.5 Å². The van der Waals surface area contributed by atoms with E-state index in [1.165, 1.54) is 4.80 Å². The van der Waals surface area contributed by atoms with E-state index < -0.39 is 0 Å². The molecule has 0 radical (unpaired) electrons. The first-order valence-corrected chi connectivity index (χ1v) is 9.11. The number of carbonyl (C=O) groups excluding carboxylic acids is 1. The monoisotopic (exact) mass is 379 g/mol. The van der Waals surface area contributed by atoms with Crippen LogP contribution in [0.1, 0.15) is 12.1 Å². The number of nitrogens with zero attached hydrogens (tertiary/aromatic N) is 7. The predicted molar refractivity (Wildman–Crippen MR) is 101 cm³/mol. The Bertz CT molecular complexity index is 961. The third-order valence-electron chi connectivity index (χ3n) is 4.54. The fourth-order valence-corrected chi connectivity index (χ4v) is 3.10. The van der Waals surface area contributed by atoms with Gasteiger partial charge in [-0.3, -0.25) is 4.79 Å². The molecule has 0 unspecified atom stereocenters. The number of aromatic nitrogens is 6. The average molecular weight is 379 g/mol. The van der Waals surface area contributed by atoms with Crippen LogP contribution in [0.2, 0.25) is 0 Å². The number of aryl methyl sites for hydroxylation is 1. The average Bonchev–Trinajstić information content (AvgIpc) is 3.31. The first-order chi connectivity index (χ1) is 13.7. The molecule has 0 saturated heterocycles. The number of amides is 1. The van der Waals surface area contributed by atoms with Gasteiger partial charge in [0.1, 0.15) is 18.9 Å². The molecular formula is C19H21N7O2. The van der Waals surface area contributed by atoms with Crippen LogP contribution >= 0.6 is 0 Å². The Hall–Kier alpha value is -3.49. The largest absolute Gasteiger partial charge is 0.490 e. The van der Waals surface area contributed by atoms with Gasteiger partial charge in [0.15, 0.2) is 0 Å². The summed E-state index contributed by atoms with van der Waals surface area (Å²) >= 11 is 0. The second-order valence-corrected chi connectivity index (χ2v) is 6.51. The number of ether oxygens (including phenoxy) is 1. The van der Waals surface area contributed by atoms with Gasteiger partial charge in [0.05, 0.1) is 18.6 Å². The van der Waals surface area contributed by atoms with E-state index in [4.69, 9.17) is 4.74 Å². The minimum Gasteiger partial charge on any atom is -0.490 e. The Morgan fingerprint density at radius 1 is 1.25 bits per heavy atom. The smallest absolute Gasteiger partial charge is 0.246 e. The first-order valence-electron chi connectivity index (χ1n) is 9.11. The van der Waals surface area contributed by atoms with Crippen LogP contribution in [0, 0.1) is 0 Å². The van der Waals surface area contributed by atoms with E-state index in [-0.39, 0.29) is 12.5 Å². The molecule has 3 heterocycles. The maximum absolute atomic E-state index is 12.7. The third kappa shape index (κ3) is 3.93. The van der Waals surface area contributed by atoms with Gasteiger partial charge in [-0.25, -0.2) is 4.98 Å². The van der Waals surface area contributed by atoms with E-state index in [1.807, 2.05) is 35.5 Å². The first kappa shape index (κ1) is 17.9. The number of benzene rings is 1. The van der Waals surface area contributed by atoms with Gasteiger partial charge in [0.2, 0.25) is 11.7 Å². The highest BCUT2D eigenvalue weighted by molar-refractivity contribution is 5.75. The lowest BCUT2D eigenvalue weighted by atomic mass is 10.2. The lowest BCUT2D eigenvalue weighted by Crippen LogP contribution is -2.34. The van der Waals surface area contributed by atoms with Crippen LogP contribution in [0.15, 0.2) is 49.4 Å². The SMILES string of the molecule is C=CCOc1ccc(-c2nnn(CC(=O)N3CCCn4cncc4C3)n2)cc1. The Morgan fingerprint density at radius 3 is 2.93 bits per heavy atom. The fraction of sp³-hybridized carbons (Fsp3) is 0.316. The van der Waals surface area contributed by atoms with Crippen LogP contribution in [0.3, 0.4) is 0 Å². The second kappa shape index (κ2) is 8.03. The van der Waals surface area contributed by atoms with Gasteiger partial charge in [-0.15, -0.1) is 10.2 Å². The van der Waals surface area contributed by atoms with Crippen molar-refractivity contribution in [1.82, 2.24) is 34.7 Å². The van der Waals surface area contributed by atoms with Gasteiger partial charge in [0.25, 0.3) is 0 Å². The number of fused-ring (bicyclic) bond motifs is 1. The maximum atomic E-state index is 12.7. The molecule has 1 amide bonds. The van der Waals surface area contributed by atoms with Crippen LogP contribution < -0.4 is 4.74 Å². The summed E-state index contributed by atoms with van der Waals surface area (Å²) in [7, 11) is 0. The summed E-state index contributed by atoms with van der Waals surface area (Å²) in [5.74, 6) is 1.18. The minimum absolute atomic E-state index is 0.0354. The normalized spacial score (nSPS) is 13.6. The van der Waals surface area contributed by atoms with Crippen molar-refractivity contribution in [2.75, 3.05) is 13.2 Å². The van der Waals surface area contributed by atoms with Crippen molar-refractivity contribution in [2.24, 2.45) is 0 Å². The summed E-state index contributed by atoms with van der Waals surface area (Å²) in [6.07, 6.45) is 6.20. The molecule has 0 saturated carbocycles. The molecule has 0 fully saturated rings. The van der Waals surface area contributed by atoms with E-state index in [0.29, 0.717) is 25.5 Å². The topological polar surface area (TPSA) is 91.0 Å². The van der Waals surface area contributed by atoms with Crippen molar-refractivity contribution in [3.8, 4) is 17.1 Å². The number of imidazole rings is 1. The third-order valence-corrected chi connectivity index (χ3v) is 4.54. The zero-order valence-electron chi connectivity index (χ0n) is 15.4. The van der Waals surface area contributed by atoms with Gasteiger partial charge < -0.3 is 14.2 Å². The second-order valence-electron chi connectivity index (χ2n) is 6.51. The quantitative estimate of drug-likeness (QED) is 0.604. The summed E-state index contributed by atoms with van der Waals surface area (Å²) in [6, 6.07) is 7.39. The Labute approximate surface area is 162 Å². The summed E-state index contributed by atoms with van der Waals surface area (Å²) in [4.78, 5) is 20.0. The molecule has 28 heavy (non-hydrogen) atoms. The summed E-state index contributed by atoms with van der Waals surface area (Å²) in [6.45, 7) is 6.26. The molecule has 9 heteroatoms. The lowest BCUT2D eigenvalue weighted by Gasteiger charge is -2.19. The summed E-state index contributed by atoms with van der Waals surface area (Å²) in [5, 5.41) is 12.4. The van der Waals surface area contributed by atoms with Crippen LogP contribution in [-0.4, -0.2) is 53.7 Å². The molecule has 0 aliphatic carbocycles. The Balaban J connectivity index is 1.40. The molecule has 0 bridgehead atoms. The maximum Gasteiger partial charge on any atom is 0.246 e. The Kier molecular flexibility index (Phi) is 5.14. The summed E-state index contributed by atoms with van der Waals surface area (Å²) < 4.78 is 7.55. The molecule has 1 aliphatic heterocycles. The van der Waals surface area contributed by atoms with Gasteiger partial charge in [-0.2, -0.15) is 4.80 Å². The molecule has 0 spiro atoms. The molecule has 2 aromatic heterocycles. The van der Waals surface area contributed by atoms with Crippen molar-refractivity contribution in [3.63, 3.8) is 0 Å². The minimum atomic E-state index is -0.0354. The highest BCUT2D eigenvalue weighted by atomic mass is 16.5. The van der Waals surface area contributed by atoms with Crippen LogP contribution in [0.25, 0.3) is 11.4 Å². The van der Waals surface area contributed by atoms with Gasteiger partial charge in [-0.05, 0) is 35.9 Å². The molecule has 4 rings (SSSR count). The summed E-state index contributed by atoms with van der Waals surface area (Å²) in [5.41, 5.74) is 1.85. The molecular weight excluding hydrogens is 358 g/mol. The molecule has 3 aromatic rings. The number of rotatable bonds is 6. The number of tetrazole rings is 1. The van der Waals surface area contributed by atoms with Gasteiger partial charge in [-0.1, -0.05) is 12.7 Å². The van der Waals surface area contributed by atoms with E-state index in [9.17, 15) is 4.79 Å². The van der Waals surface area contributed by atoms with Crippen LogP contribution in [-0.2, 0) is 24.4 Å². The number of hydrogen-bond donors (Lipinski definition) is 0. The standard InChI is InChI=1S/C19H21N7O2/c1-2-10-28-17-6-4-15(5-7-17)19-21-23-26(22-19)13-18(27)24-8-3-9-25-14-20-11-16(25)12-24/h2,4-7,11,14H,1,3,8-10,12-13H2. The van der Waals surface area contributed by atoms with Gasteiger partial charge >= 0.3 is 0 Å². The van der Waals surface area contributed by atoms with Crippen molar-refractivity contribution in [1.29, 1.82) is 0 Å². The Morgan fingerprint density at radius 2 is 2.11 bits per heavy atom. The van der Waals surface area contributed by atoms with Crippen LogP contribution in [0.4, 0.5) is 0 Å². The van der Waals surface area contributed by atoms with Crippen molar-refractivity contribution in [3.05, 3.63) is 55.1 Å². The molecule has 1 aliphatic rings. The highest BCUT2D eigenvalue weighted by Crippen LogP contribution is 2.19. The van der Waals surface area contributed by atoms with E-state index >= 15 is 0 Å². The number of hydrogen-bond acceptors (Lipinski definition) is 6. The highest BCUT2D eigenvalue weighted by Gasteiger charge is 2.20. The van der Waals surface area contributed by atoms with E-state index in [1.54, 1.807) is 12.3 Å². The van der Waals surface area contributed by atoms with Gasteiger partial charge in [0, 0.05) is 24.8 Å². The van der Waals surface area contributed by atoms with Crippen molar-refractivity contribution < 1.29 is 9.53 Å². The molecule has 144 valence electrons. The number of carbonyl (C=O) groups is 1. The van der Waals surface area contributed by atoms with Crippen molar-refractivity contribution >= 4 is 5.91 Å². The van der Waals surface area contributed by atoms with Crippen molar-refractivity contribution in [2.45, 2.75) is 26.1 Å². The predicted octanol–water partition coefficient (Wildman–Crippen LogP) is 1.53. The van der Waals surface area contributed by atoms with E-state index in [0.717, 1.165) is 30.0 Å². The molecule has 1 aromatic carbocycles. The fourth-order valence-electron chi connectivity index (χ4n) is 3.10. The molecule has 0 N–H and O–H groups in total. The van der Waals surface area contributed by atoms with Crippen LogP contribution in [0.5, 0.6) is 5.75 Å². The zero-order chi connectivity index (χ0) is 19.3.